The first-order valence-corrected chi connectivity index (χ1v) is 9.66. The minimum Gasteiger partial charge on any atom is -0.396 e. The molecule has 0 radical (unpaired) electrons. The van der Waals surface area contributed by atoms with Gasteiger partial charge in [-0.3, -0.25) is 9.89 Å². The van der Waals surface area contributed by atoms with E-state index in [0.717, 1.165) is 31.2 Å². The Morgan fingerprint density at radius 3 is 2.69 bits per heavy atom. The molecule has 1 fully saturated rings. The molecule has 148 valence electrons. The third kappa shape index (κ3) is 7.80. The SMILES string of the molecule is CCNC(=NCC(CO)c1ccccc1)NCCN1CCCCC1C.I. The summed E-state index contributed by atoms with van der Waals surface area (Å²) in [6, 6.07) is 10.8. The zero-order valence-electron chi connectivity index (χ0n) is 16.2. The van der Waals surface area contributed by atoms with Crippen molar-refractivity contribution in [3.8, 4) is 0 Å². The van der Waals surface area contributed by atoms with Crippen LogP contribution in [0.1, 0.15) is 44.6 Å². The van der Waals surface area contributed by atoms with Gasteiger partial charge in [0.15, 0.2) is 5.96 Å². The molecule has 1 heterocycles. The maximum atomic E-state index is 9.68. The monoisotopic (exact) mass is 474 g/mol. The summed E-state index contributed by atoms with van der Waals surface area (Å²) in [5, 5.41) is 16.4. The molecule has 1 saturated heterocycles. The summed E-state index contributed by atoms with van der Waals surface area (Å²) < 4.78 is 0. The van der Waals surface area contributed by atoms with Gasteiger partial charge in [-0.25, -0.2) is 0 Å². The predicted octanol–water partition coefficient (Wildman–Crippen LogP) is 2.81. The third-order valence-corrected chi connectivity index (χ3v) is 4.94. The van der Waals surface area contributed by atoms with Crippen LogP contribution in [0.15, 0.2) is 35.3 Å². The molecule has 0 aromatic heterocycles. The number of rotatable bonds is 8. The number of benzene rings is 1. The van der Waals surface area contributed by atoms with Crippen molar-refractivity contribution in [3.05, 3.63) is 35.9 Å². The normalized spacial score (nSPS) is 19.5. The van der Waals surface area contributed by atoms with Crippen LogP contribution in [-0.4, -0.2) is 61.3 Å². The van der Waals surface area contributed by atoms with Crippen LogP contribution in [0, 0.1) is 0 Å². The van der Waals surface area contributed by atoms with Gasteiger partial charge >= 0.3 is 0 Å². The van der Waals surface area contributed by atoms with Crippen LogP contribution >= 0.6 is 24.0 Å². The van der Waals surface area contributed by atoms with Crippen molar-refractivity contribution in [2.75, 3.05) is 39.3 Å². The second-order valence-electron chi connectivity index (χ2n) is 6.82. The first-order valence-electron chi connectivity index (χ1n) is 9.66. The van der Waals surface area contributed by atoms with Gasteiger partial charge in [0, 0.05) is 31.6 Å². The van der Waals surface area contributed by atoms with Crippen molar-refractivity contribution in [1.82, 2.24) is 15.5 Å². The second kappa shape index (κ2) is 13.3. The van der Waals surface area contributed by atoms with Crippen molar-refractivity contribution in [2.45, 2.75) is 45.1 Å². The topological polar surface area (TPSA) is 59.9 Å². The van der Waals surface area contributed by atoms with E-state index in [1.54, 1.807) is 0 Å². The molecule has 6 heteroatoms. The highest BCUT2D eigenvalue weighted by Gasteiger charge is 2.17. The lowest BCUT2D eigenvalue weighted by atomic mass is 10.0. The molecule has 5 nitrogen and oxygen atoms in total. The Labute approximate surface area is 175 Å². The van der Waals surface area contributed by atoms with E-state index in [4.69, 9.17) is 0 Å². The fourth-order valence-electron chi connectivity index (χ4n) is 3.34. The van der Waals surface area contributed by atoms with Crippen LogP contribution in [-0.2, 0) is 0 Å². The number of guanidine groups is 1. The Morgan fingerprint density at radius 1 is 1.27 bits per heavy atom. The molecule has 3 N–H and O–H groups in total. The molecule has 0 bridgehead atoms. The molecule has 26 heavy (non-hydrogen) atoms. The Balaban J connectivity index is 0.00000338. The van der Waals surface area contributed by atoms with E-state index < -0.39 is 0 Å². The Bertz CT molecular complexity index is 512. The van der Waals surface area contributed by atoms with E-state index in [0.29, 0.717) is 12.6 Å². The first-order chi connectivity index (χ1) is 12.2. The molecule has 2 atom stereocenters. The molecule has 1 aliphatic heterocycles. The zero-order chi connectivity index (χ0) is 17.9. The van der Waals surface area contributed by atoms with Gasteiger partial charge in [0.1, 0.15) is 0 Å². The number of halogens is 1. The van der Waals surface area contributed by atoms with Crippen molar-refractivity contribution < 1.29 is 5.11 Å². The van der Waals surface area contributed by atoms with Crippen LogP contribution in [0.2, 0.25) is 0 Å². The number of likely N-dealkylation sites (tertiary alicyclic amines) is 1. The number of aliphatic hydroxyl groups is 1. The molecule has 2 unspecified atom stereocenters. The van der Waals surface area contributed by atoms with E-state index in [-0.39, 0.29) is 36.5 Å². The lowest BCUT2D eigenvalue weighted by Crippen LogP contribution is -2.45. The molecule has 1 aliphatic rings. The lowest BCUT2D eigenvalue weighted by molar-refractivity contribution is 0.163. The third-order valence-electron chi connectivity index (χ3n) is 4.94. The molecule has 1 aromatic carbocycles. The zero-order valence-corrected chi connectivity index (χ0v) is 18.5. The maximum Gasteiger partial charge on any atom is 0.191 e. The molecule has 0 aliphatic carbocycles. The molecule has 2 rings (SSSR count). The highest BCUT2D eigenvalue weighted by atomic mass is 127. The summed E-state index contributed by atoms with van der Waals surface area (Å²) in [6.45, 7) is 9.07. The van der Waals surface area contributed by atoms with Crippen LogP contribution in [0.3, 0.4) is 0 Å². The van der Waals surface area contributed by atoms with Gasteiger partial charge in [-0.1, -0.05) is 36.8 Å². The second-order valence-corrected chi connectivity index (χ2v) is 6.82. The largest absolute Gasteiger partial charge is 0.396 e. The van der Waals surface area contributed by atoms with Gasteiger partial charge in [-0.15, -0.1) is 24.0 Å². The average Bonchev–Trinajstić information content (AvgIpc) is 2.64. The fraction of sp³-hybridized carbons (Fsp3) is 0.650. The predicted molar refractivity (Wildman–Crippen MR) is 121 cm³/mol. The highest BCUT2D eigenvalue weighted by molar-refractivity contribution is 14.0. The Hall–Kier alpha value is -0.860. The summed E-state index contributed by atoms with van der Waals surface area (Å²) in [4.78, 5) is 7.23. The summed E-state index contributed by atoms with van der Waals surface area (Å²) in [5.74, 6) is 0.875. The number of nitrogens with one attached hydrogen (secondary N) is 2. The van der Waals surface area contributed by atoms with Gasteiger partial charge in [0.05, 0.1) is 13.2 Å². The standard InChI is InChI=1S/C20H34N4O.HI/c1-3-21-20(22-12-14-24-13-8-7-9-17(24)2)23-15-19(16-25)18-10-5-4-6-11-18;/h4-6,10-11,17,19,25H,3,7-9,12-16H2,1-2H3,(H2,21,22,23);1H. The minimum absolute atomic E-state index is 0. The van der Waals surface area contributed by atoms with Crippen molar-refractivity contribution >= 4 is 29.9 Å². The van der Waals surface area contributed by atoms with E-state index in [1.165, 1.54) is 25.8 Å². The van der Waals surface area contributed by atoms with E-state index >= 15 is 0 Å². The maximum absolute atomic E-state index is 9.68. The van der Waals surface area contributed by atoms with Crippen LogP contribution < -0.4 is 10.6 Å². The summed E-state index contributed by atoms with van der Waals surface area (Å²) in [5.41, 5.74) is 1.13. The molecular formula is C20H35IN4O. The number of hydrogen-bond acceptors (Lipinski definition) is 3. The molecular weight excluding hydrogens is 439 g/mol. The van der Waals surface area contributed by atoms with Gasteiger partial charge in [0.25, 0.3) is 0 Å². The first kappa shape index (κ1) is 23.2. The highest BCUT2D eigenvalue weighted by Crippen LogP contribution is 2.16. The fourth-order valence-corrected chi connectivity index (χ4v) is 3.34. The van der Waals surface area contributed by atoms with E-state index in [2.05, 4.69) is 46.5 Å². The molecule has 0 amide bonds. The van der Waals surface area contributed by atoms with E-state index in [9.17, 15) is 5.11 Å². The van der Waals surface area contributed by atoms with Crippen molar-refractivity contribution in [2.24, 2.45) is 4.99 Å². The molecule has 0 saturated carbocycles. The number of aliphatic imine (C=N–C) groups is 1. The summed E-state index contributed by atoms with van der Waals surface area (Å²) >= 11 is 0. The Morgan fingerprint density at radius 2 is 2.04 bits per heavy atom. The van der Waals surface area contributed by atoms with E-state index in [1.807, 2.05) is 18.2 Å². The lowest BCUT2D eigenvalue weighted by Gasteiger charge is -2.33. The molecule has 1 aromatic rings. The average molecular weight is 474 g/mol. The van der Waals surface area contributed by atoms with Crippen molar-refractivity contribution in [3.63, 3.8) is 0 Å². The number of hydrogen-bond donors (Lipinski definition) is 3. The number of aliphatic hydroxyl groups excluding tert-OH is 1. The number of nitrogens with zero attached hydrogens (tertiary/aromatic N) is 2. The quantitative estimate of drug-likeness (QED) is 0.308. The minimum atomic E-state index is 0. The summed E-state index contributed by atoms with van der Waals surface area (Å²) in [7, 11) is 0. The van der Waals surface area contributed by atoms with Crippen LogP contribution in [0.4, 0.5) is 0 Å². The van der Waals surface area contributed by atoms with Gasteiger partial charge < -0.3 is 15.7 Å². The molecule has 0 spiro atoms. The number of piperidine rings is 1. The Kier molecular flexibility index (Phi) is 11.9. The van der Waals surface area contributed by atoms with Crippen LogP contribution in [0.5, 0.6) is 0 Å². The van der Waals surface area contributed by atoms with Crippen LogP contribution in [0.25, 0.3) is 0 Å². The van der Waals surface area contributed by atoms with Gasteiger partial charge in [-0.2, -0.15) is 0 Å². The summed E-state index contributed by atoms with van der Waals surface area (Å²) in [6.07, 6.45) is 3.98. The van der Waals surface area contributed by atoms with Gasteiger partial charge in [0.2, 0.25) is 0 Å². The van der Waals surface area contributed by atoms with Crippen molar-refractivity contribution in [1.29, 1.82) is 0 Å². The van der Waals surface area contributed by atoms with Gasteiger partial charge in [-0.05, 0) is 38.8 Å². The smallest absolute Gasteiger partial charge is 0.191 e.